The Labute approximate surface area is 128 Å². The van der Waals surface area contributed by atoms with Gasteiger partial charge in [-0.3, -0.25) is 4.68 Å². The number of aromatic nitrogens is 3. The Morgan fingerprint density at radius 2 is 1.57 bits per heavy atom. The quantitative estimate of drug-likeness (QED) is 0.621. The molecule has 2 aromatic rings. The molecular formula is C18H27N3. The molecule has 3 nitrogen and oxygen atoms in total. The van der Waals surface area contributed by atoms with Gasteiger partial charge in [-0.1, -0.05) is 69.7 Å². The third-order valence-electron chi connectivity index (χ3n) is 3.88. The Bertz CT molecular complexity index is 514. The van der Waals surface area contributed by atoms with E-state index in [1.807, 2.05) is 7.05 Å². The summed E-state index contributed by atoms with van der Waals surface area (Å²) in [6.07, 6.45) is 12.5. The zero-order valence-electron chi connectivity index (χ0n) is 13.4. The minimum Gasteiger partial charge on any atom is -0.255 e. The third-order valence-corrected chi connectivity index (χ3v) is 3.88. The fourth-order valence-corrected chi connectivity index (χ4v) is 2.58. The lowest BCUT2D eigenvalue weighted by molar-refractivity contribution is 0.589. The second-order valence-electron chi connectivity index (χ2n) is 5.81. The van der Waals surface area contributed by atoms with Crippen LogP contribution in [-0.2, 0) is 13.5 Å². The number of unbranched alkanes of at least 4 members (excludes halogenated alkanes) is 6. The minimum atomic E-state index is 0.806. The molecule has 0 saturated carbocycles. The molecule has 0 atom stereocenters. The van der Waals surface area contributed by atoms with Crippen molar-refractivity contribution in [3.8, 4) is 11.4 Å². The van der Waals surface area contributed by atoms with Crippen LogP contribution >= 0.6 is 0 Å². The predicted molar refractivity (Wildman–Crippen MR) is 88.1 cm³/mol. The maximum absolute atomic E-state index is 4.33. The highest BCUT2D eigenvalue weighted by Gasteiger charge is 2.02. The summed E-state index contributed by atoms with van der Waals surface area (Å²) in [5, 5.41) is 4.33. The van der Waals surface area contributed by atoms with Crippen molar-refractivity contribution in [2.75, 3.05) is 0 Å². The SMILES string of the molecule is CCCCCCCCCc1ccc(-c2ncn(C)n2)cc1. The van der Waals surface area contributed by atoms with Gasteiger partial charge in [0.25, 0.3) is 0 Å². The molecule has 21 heavy (non-hydrogen) atoms. The van der Waals surface area contributed by atoms with E-state index in [1.165, 1.54) is 56.9 Å². The highest BCUT2D eigenvalue weighted by molar-refractivity contribution is 5.54. The molecule has 1 heterocycles. The van der Waals surface area contributed by atoms with Crippen LogP contribution < -0.4 is 0 Å². The van der Waals surface area contributed by atoms with Crippen molar-refractivity contribution in [1.82, 2.24) is 14.8 Å². The number of aryl methyl sites for hydroxylation is 2. The van der Waals surface area contributed by atoms with Gasteiger partial charge in [-0.15, -0.1) is 0 Å². The van der Waals surface area contributed by atoms with Gasteiger partial charge in [0.05, 0.1) is 0 Å². The summed E-state index contributed by atoms with van der Waals surface area (Å²) in [7, 11) is 1.89. The molecule has 0 fully saturated rings. The van der Waals surface area contributed by atoms with Crippen LogP contribution in [0.5, 0.6) is 0 Å². The third kappa shape index (κ3) is 5.33. The molecule has 0 N–H and O–H groups in total. The fraction of sp³-hybridized carbons (Fsp3) is 0.556. The molecule has 0 aliphatic rings. The molecule has 0 bridgehead atoms. The zero-order valence-corrected chi connectivity index (χ0v) is 13.4. The molecule has 0 aliphatic carbocycles. The van der Waals surface area contributed by atoms with E-state index in [-0.39, 0.29) is 0 Å². The maximum Gasteiger partial charge on any atom is 0.181 e. The monoisotopic (exact) mass is 285 g/mol. The Morgan fingerprint density at radius 1 is 0.905 bits per heavy atom. The highest BCUT2D eigenvalue weighted by Crippen LogP contribution is 2.16. The number of rotatable bonds is 9. The van der Waals surface area contributed by atoms with Crippen molar-refractivity contribution >= 4 is 0 Å². The van der Waals surface area contributed by atoms with Gasteiger partial charge in [0.15, 0.2) is 5.82 Å². The molecule has 0 saturated heterocycles. The van der Waals surface area contributed by atoms with E-state index in [0.717, 1.165) is 11.4 Å². The maximum atomic E-state index is 4.33. The zero-order chi connectivity index (χ0) is 14.9. The Kier molecular flexibility index (Phi) is 6.45. The standard InChI is InChI=1S/C18H27N3/c1-3-4-5-6-7-8-9-10-16-11-13-17(14-12-16)18-19-15-21(2)20-18/h11-15H,3-10H2,1-2H3. The van der Waals surface area contributed by atoms with E-state index in [4.69, 9.17) is 0 Å². The van der Waals surface area contributed by atoms with E-state index in [9.17, 15) is 0 Å². The molecule has 1 aromatic carbocycles. The molecular weight excluding hydrogens is 258 g/mol. The first-order chi connectivity index (χ1) is 10.3. The predicted octanol–water partition coefficient (Wildman–Crippen LogP) is 4.78. The van der Waals surface area contributed by atoms with Gasteiger partial charge in [0.1, 0.15) is 6.33 Å². The first kappa shape index (κ1) is 15.7. The van der Waals surface area contributed by atoms with Crippen molar-refractivity contribution in [3.63, 3.8) is 0 Å². The lowest BCUT2D eigenvalue weighted by Crippen LogP contribution is -1.89. The smallest absolute Gasteiger partial charge is 0.181 e. The molecule has 1 aromatic heterocycles. The second-order valence-corrected chi connectivity index (χ2v) is 5.81. The van der Waals surface area contributed by atoms with Crippen LogP contribution in [-0.4, -0.2) is 14.8 Å². The van der Waals surface area contributed by atoms with Crippen LogP contribution in [0.15, 0.2) is 30.6 Å². The van der Waals surface area contributed by atoms with E-state index in [0.29, 0.717) is 0 Å². The van der Waals surface area contributed by atoms with E-state index in [2.05, 4.69) is 41.3 Å². The summed E-state index contributed by atoms with van der Waals surface area (Å²) in [6.45, 7) is 2.27. The highest BCUT2D eigenvalue weighted by atomic mass is 15.3. The van der Waals surface area contributed by atoms with Crippen molar-refractivity contribution < 1.29 is 0 Å². The lowest BCUT2D eigenvalue weighted by atomic mass is 10.0. The number of hydrogen-bond acceptors (Lipinski definition) is 2. The molecule has 0 radical (unpaired) electrons. The number of benzene rings is 1. The molecule has 0 unspecified atom stereocenters. The van der Waals surface area contributed by atoms with Gasteiger partial charge >= 0.3 is 0 Å². The summed E-state index contributed by atoms with van der Waals surface area (Å²) in [5.41, 5.74) is 2.52. The van der Waals surface area contributed by atoms with Crippen molar-refractivity contribution in [2.24, 2.45) is 7.05 Å². The van der Waals surface area contributed by atoms with Gasteiger partial charge in [0, 0.05) is 12.6 Å². The average Bonchev–Trinajstić information content (AvgIpc) is 2.93. The summed E-state index contributed by atoms with van der Waals surface area (Å²) in [5.74, 6) is 0.806. The van der Waals surface area contributed by atoms with Crippen LogP contribution in [0.3, 0.4) is 0 Å². The Hall–Kier alpha value is -1.64. The normalized spacial score (nSPS) is 11.0. The molecule has 3 heteroatoms. The largest absolute Gasteiger partial charge is 0.255 e. The number of hydrogen-bond donors (Lipinski definition) is 0. The fourth-order valence-electron chi connectivity index (χ4n) is 2.58. The second kappa shape index (κ2) is 8.60. The molecule has 0 spiro atoms. The van der Waals surface area contributed by atoms with Crippen LogP contribution in [0.4, 0.5) is 0 Å². The topological polar surface area (TPSA) is 30.7 Å². The van der Waals surface area contributed by atoms with Crippen LogP contribution in [0.2, 0.25) is 0 Å². The van der Waals surface area contributed by atoms with Gasteiger partial charge in [-0.2, -0.15) is 5.10 Å². The molecule has 0 aliphatic heterocycles. The van der Waals surface area contributed by atoms with Crippen LogP contribution in [0.1, 0.15) is 57.4 Å². The van der Waals surface area contributed by atoms with Gasteiger partial charge in [-0.05, 0) is 18.4 Å². The summed E-state index contributed by atoms with van der Waals surface area (Å²) >= 11 is 0. The summed E-state index contributed by atoms with van der Waals surface area (Å²) < 4.78 is 1.74. The van der Waals surface area contributed by atoms with E-state index < -0.39 is 0 Å². The van der Waals surface area contributed by atoms with E-state index in [1.54, 1.807) is 11.0 Å². The average molecular weight is 285 g/mol. The minimum absolute atomic E-state index is 0.806. The van der Waals surface area contributed by atoms with Crippen molar-refractivity contribution in [1.29, 1.82) is 0 Å². The Balaban J connectivity index is 1.70. The van der Waals surface area contributed by atoms with Crippen molar-refractivity contribution in [2.45, 2.75) is 58.3 Å². The summed E-state index contributed by atoms with van der Waals surface area (Å²) in [4.78, 5) is 4.28. The lowest BCUT2D eigenvalue weighted by Gasteiger charge is -2.03. The first-order valence-electron chi connectivity index (χ1n) is 8.24. The Morgan fingerprint density at radius 3 is 2.19 bits per heavy atom. The molecule has 0 amide bonds. The van der Waals surface area contributed by atoms with Gasteiger partial charge < -0.3 is 0 Å². The van der Waals surface area contributed by atoms with Gasteiger partial charge in [-0.25, -0.2) is 4.98 Å². The van der Waals surface area contributed by atoms with E-state index >= 15 is 0 Å². The first-order valence-corrected chi connectivity index (χ1v) is 8.24. The molecule has 2 rings (SSSR count). The number of nitrogens with zero attached hydrogens (tertiary/aromatic N) is 3. The van der Waals surface area contributed by atoms with Crippen molar-refractivity contribution in [3.05, 3.63) is 36.2 Å². The van der Waals surface area contributed by atoms with Crippen LogP contribution in [0, 0.1) is 0 Å². The van der Waals surface area contributed by atoms with Crippen LogP contribution in [0.25, 0.3) is 11.4 Å². The summed E-state index contributed by atoms with van der Waals surface area (Å²) in [6, 6.07) is 8.68. The molecule has 114 valence electrons. The van der Waals surface area contributed by atoms with Gasteiger partial charge in [0.2, 0.25) is 0 Å².